The third-order valence-corrected chi connectivity index (χ3v) is 6.94. The number of carbonyl (C=O) groups is 2. The van der Waals surface area contributed by atoms with E-state index in [1.165, 1.54) is 26.2 Å². The van der Waals surface area contributed by atoms with Crippen molar-refractivity contribution in [1.29, 1.82) is 0 Å². The molecule has 7 atom stereocenters. The Kier molecular flexibility index (Phi) is 11.8. The normalized spacial score (nSPS) is 26.1. The van der Waals surface area contributed by atoms with Gasteiger partial charge in [-0.3, -0.25) is 14.1 Å². The van der Waals surface area contributed by atoms with Gasteiger partial charge in [0.15, 0.2) is 6.29 Å². The van der Waals surface area contributed by atoms with Crippen molar-refractivity contribution in [1.82, 2.24) is 10.4 Å². The molecule has 37 heavy (non-hydrogen) atoms. The Labute approximate surface area is 216 Å². The van der Waals surface area contributed by atoms with E-state index in [-0.39, 0.29) is 24.7 Å². The highest BCUT2D eigenvalue weighted by Crippen LogP contribution is 2.46. The van der Waals surface area contributed by atoms with Gasteiger partial charge in [0.1, 0.15) is 41.9 Å². The fraction of sp³-hybridized carbons (Fsp3) is 0.652. The summed E-state index contributed by atoms with van der Waals surface area (Å²) in [4.78, 5) is 23.9. The van der Waals surface area contributed by atoms with Crippen molar-refractivity contribution >= 4 is 19.6 Å². The Balaban J connectivity index is 2.25. The van der Waals surface area contributed by atoms with E-state index in [2.05, 4.69) is 10.4 Å². The van der Waals surface area contributed by atoms with Crippen LogP contribution < -0.4 is 19.7 Å². The molecule has 1 aromatic carbocycles. The summed E-state index contributed by atoms with van der Waals surface area (Å²) in [5.41, 5.74) is 0. The summed E-state index contributed by atoms with van der Waals surface area (Å²) in [6.45, 7) is 6.04. The summed E-state index contributed by atoms with van der Waals surface area (Å²) in [6.07, 6.45) is -6.01. The number of benzene rings is 1. The topological polar surface area (TPSA) is 182 Å². The summed E-state index contributed by atoms with van der Waals surface area (Å²) in [6, 6.07) is 3.76. The lowest BCUT2D eigenvalue weighted by Crippen LogP contribution is -2.64. The van der Waals surface area contributed by atoms with Crippen molar-refractivity contribution in [3.63, 3.8) is 0 Å². The van der Waals surface area contributed by atoms with E-state index < -0.39 is 62.9 Å². The molecule has 0 aliphatic carbocycles. The van der Waals surface area contributed by atoms with Gasteiger partial charge >= 0.3 is 13.7 Å². The minimum absolute atomic E-state index is 0.0100. The zero-order valence-electron chi connectivity index (χ0n) is 21.5. The molecule has 0 radical (unpaired) electrons. The number of aliphatic hydroxyl groups excluding tert-OH is 3. The monoisotopic (exact) mass is 548 g/mol. The smallest absolute Gasteiger partial charge is 0.459 e. The number of ether oxygens (including phenoxy) is 3. The second-order valence-electron chi connectivity index (χ2n) is 8.90. The van der Waals surface area contributed by atoms with E-state index in [0.717, 1.165) is 0 Å². The lowest BCUT2D eigenvalue weighted by molar-refractivity contribution is -0.252. The highest BCUT2D eigenvalue weighted by molar-refractivity contribution is 7.52. The van der Waals surface area contributed by atoms with Crippen molar-refractivity contribution in [3.8, 4) is 11.5 Å². The van der Waals surface area contributed by atoms with Gasteiger partial charge in [-0.25, -0.2) is 4.57 Å². The van der Waals surface area contributed by atoms with Crippen LogP contribution in [-0.4, -0.2) is 84.2 Å². The lowest BCUT2D eigenvalue weighted by Gasteiger charge is -2.40. The van der Waals surface area contributed by atoms with E-state index in [4.69, 9.17) is 23.3 Å². The first-order valence-corrected chi connectivity index (χ1v) is 13.4. The van der Waals surface area contributed by atoms with Gasteiger partial charge in [-0.05, 0) is 43.5 Å². The average molecular weight is 549 g/mol. The van der Waals surface area contributed by atoms with Gasteiger partial charge in [-0.1, -0.05) is 13.8 Å². The van der Waals surface area contributed by atoms with Crippen LogP contribution in [0, 0.1) is 5.92 Å². The van der Waals surface area contributed by atoms with Gasteiger partial charge in [0, 0.05) is 6.92 Å². The first-order valence-electron chi connectivity index (χ1n) is 11.9. The fourth-order valence-electron chi connectivity index (χ4n) is 3.62. The van der Waals surface area contributed by atoms with Crippen molar-refractivity contribution in [2.24, 2.45) is 5.92 Å². The Morgan fingerprint density at radius 2 is 1.73 bits per heavy atom. The maximum atomic E-state index is 13.8. The maximum Gasteiger partial charge on any atom is 0.459 e. The third-order valence-electron chi connectivity index (χ3n) is 5.38. The molecule has 4 unspecified atom stereocenters. The molecule has 0 bridgehead atoms. The summed E-state index contributed by atoms with van der Waals surface area (Å²) in [5, 5.41) is 36.0. The minimum atomic E-state index is -4.34. The molecule has 1 heterocycles. The molecule has 1 fully saturated rings. The van der Waals surface area contributed by atoms with Crippen LogP contribution in [0.4, 0.5) is 0 Å². The molecule has 1 amide bonds. The number of aliphatic hydroxyl groups is 3. The van der Waals surface area contributed by atoms with Crippen molar-refractivity contribution in [3.05, 3.63) is 24.3 Å². The lowest BCUT2D eigenvalue weighted by atomic mass is 9.97. The van der Waals surface area contributed by atoms with Gasteiger partial charge in [-0.2, -0.15) is 5.09 Å². The van der Waals surface area contributed by atoms with Gasteiger partial charge in [0.2, 0.25) is 5.91 Å². The van der Waals surface area contributed by atoms with Crippen LogP contribution in [0.15, 0.2) is 24.3 Å². The Morgan fingerprint density at radius 3 is 2.27 bits per heavy atom. The van der Waals surface area contributed by atoms with Crippen LogP contribution in [0.2, 0.25) is 0 Å². The number of nitrogens with one attached hydrogen (secondary N) is 2. The molecule has 2 rings (SSSR count). The number of carbonyl (C=O) groups excluding carboxylic acids is 2. The maximum absolute atomic E-state index is 13.8. The second kappa shape index (κ2) is 14.1. The van der Waals surface area contributed by atoms with Crippen LogP contribution in [0.3, 0.4) is 0 Å². The molecular formula is C23H37N2O11P. The highest BCUT2D eigenvalue weighted by atomic mass is 31.2. The molecule has 210 valence electrons. The van der Waals surface area contributed by atoms with E-state index in [1.54, 1.807) is 19.1 Å². The quantitative estimate of drug-likeness (QED) is 0.172. The van der Waals surface area contributed by atoms with Crippen LogP contribution in [0.25, 0.3) is 0 Å². The number of hydrogen-bond acceptors (Lipinski definition) is 11. The van der Waals surface area contributed by atoms with Crippen molar-refractivity contribution < 1.29 is 52.7 Å². The van der Waals surface area contributed by atoms with Gasteiger partial charge in [-0.15, -0.1) is 0 Å². The Bertz CT molecular complexity index is 930. The Hall–Kier alpha value is -2.25. The van der Waals surface area contributed by atoms with E-state index in [0.29, 0.717) is 5.75 Å². The number of esters is 1. The largest absolute Gasteiger partial charge is 0.497 e. The van der Waals surface area contributed by atoms with Gasteiger partial charge in [0.25, 0.3) is 0 Å². The summed E-state index contributed by atoms with van der Waals surface area (Å²) in [5.74, 6) is -0.548. The molecule has 1 aliphatic rings. The van der Waals surface area contributed by atoms with Crippen LogP contribution in [0.1, 0.15) is 34.1 Å². The predicted octanol–water partition coefficient (Wildman–Crippen LogP) is 0.710. The second-order valence-corrected chi connectivity index (χ2v) is 10.6. The predicted molar refractivity (Wildman–Crippen MR) is 131 cm³/mol. The van der Waals surface area contributed by atoms with Crippen LogP contribution >= 0.6 is 7.75 Å². The molecule has 0 saturated carbocycles. The third kappa shape index (κ3) is 9.22. The molecule has 1 aromatic rings. The van der Waals surface area contributed by atoms with Gasteiger partial charge < -0.3 is 39.4 Å². The molecule has 14 heteroatoms. The zero-order chi connectivity index (χ0) is 27.8. The zero-order valence-corrected chi connectivity index (χ0v) is 22.4. The van der Waals surface area contributed by atoms with Crippen LogP contribution in [0.5, 0.6) is 11.5 Å². The number of rotatable bonds is 13. The van der Waals surface area contributed by atoms with E-state index in [1.807, 2.05) is 13.8 Å². The Morgan fingerprint density at radius 1 is 1.11 bits per heavy atom. The summed E-state index contributed by atoms with van der Waals surface area (Å²) in [7, 11) is -2.86. The van der Waals surface area contributed by atoms with E-state index in [9.17, 15) is 29.5 Å². The van der Waals surface area contributed by atoms with Crippen LogP contribution in [-0.2, 0) is 28.2 Å². The van der Waals surface area contributed by atoms with Gasteiger partial charge in [0.05, 0.1) is 20.3 Å². The summed E-state index contributed by atoms with van der Waals surface area (Å²) >= 11 is 0. The van der Waals surface area contributed by atoms with Crippen molar-refractivity contribution in [2.45, 2.75) is 70.8 Å². The molecule has 1 saturated heterocycles. The standard InChI is InChI=1S/C23H37N2O11P/c1-6-33-22(29)17(11-13(2)3)25-37(31,36-16-9-7-15(32-5)8-10-16)34-12-18-20(27)21(28)19(23(30)35-18)24-14(4)26/h7-10,13,17-21,23,27-28,30H,6,11-12H2,1-5H3,(H,24,26)(H,25,31)/t17-,18?,19?,20+,21?,23-,37?/m0/s1. The average Bonchev–Trinajstić information content (AvgIpc) is 2.83. The molecule has 13 nitrogen and oxygen atoms in total. The summed E-state index contributed by atoms with van der Waals surface area (Å²) < 4.78 is 40.5. The van der Waals surface area contributed by atoms with E-state index >= 15 is 0 Å². The molecule has 1 aliphatic heterocycles. The molecule has 0 spiro atoms. The molecule has 0 aromatic heterocycles. The number of amides is 1. The number of hydrogen-bond donors (Lipinski definition) is 5. The first-order chi connectivity index (χ1) is 17.4. The molecule has 5 N–H and O–H groups in total. The number of methoxy groups -OCH3 is 1. The first kappa shape index (κ1) is 31.0. The molecular weight excluding hydrogens is 511 g/mol. The SMILES string of the molecule is CCOC(=O)[C@H](CC(C)C)NP(=O)(OCC1O[C@H](O)C(NC(C)=O)C(O)[C@@H]1O)Oc1ccc(OC)cc1. The highest BCUT2D eigenvalue weighted by Gasteiger charge is 2.46. The van der Waals surface area contributed by atoms with Crippen molar-refractivity contribution in [2.75, 3.05) is 20.3 Å². The minimum Gasteiger partial charge on any atom is -0.497 e. The fourth-order valence-corrected chi connectivity index (χ4v) is 5.13.